The summed E-state index contributed by atoms with van der Waals surface area (Å²) in [5.74, 6) is -0.455. The molecular formula is C22H27NO2. The fraction of sp³-hybridized carbons (Fsp3) is 0.409. The molecule has 1 aliphatic rings. The molecule has 2 aromatic rings. The molecule has 0 aliphatic heterocycles. The fourth-order valence-corrected chi connectivity index (χ4v) is 3.82. The van der Waals surface area contributed by atoms with Crippen LogP contribution in [0.15, 0.2) is 48.5 Å². The van der Waals surface area contributed by atoms with E-state index in [2.05, 4.69) is 49.9 Å². The first-order chi connectivity index (χ1) is 12.2. The van der Waals surface area contributed by atoms with Crippen molar-refractivity contribution >= 4 is 5.97 Å². The van der Waals surface area contributed by atoms with Crippen molar-refractivity contribution in [2.45, 2.75) is 39.2 Å². The van der Waals surface area contributed by atoms with Gasteiger partial charge in [0.05, 0.1) is 0 Å². The smallest absolute Gasteiger partial charge is 0.318 e. The van der Waals surface area contributed by atoms with Crippen molar-refractivity contribution in [3.05, 3.63) is 70.8 Å². The van der Waals surface area contributed by atoms with Crippen molar-refractivity contribution in [3.63, 3.8) is 0 Å². The zero-order valence-corrected chi connectivity index (χ0v) is 15.4. The van der Waals surface area contributed by atoms with Crippen molar-refractivity contribution < 1.29 is 9.53 Å². The van der Waals surface area contributed by atoms with Crippen LogP contribution in [-0.2, 0) is 16.0 Å². The number of likely N-dealkylation sites (N-methyl/N-ethyl adjacent to an activating group) is 1. The molecule has 0 heterocycles. The maximum atomic E-state index is 13.0. The maximum absolute atomic E-state index is 13.0. The van der Waals surface area contributed by atoms with Crippen molar-refractivity contribution in [1.29, 1.82) is 0 Å². The van der Waals surface area contributed by atoms with E-state index in [0.717, 1.165) is 30.6 Å². The molecule has 1 unspecified atom stereocenters. The molecule has 0 saturated carbocycles. The van der Waals surface area contributed by atoms with Crippen molar-refractivity contribution in [3.8, 4) is 0 Å². The van der Waals surface area contributed by atoms with Gasteiger partial charge in [-0.05, 0) is 48.7 Å². The van der Waals surface area contributed by atoms with Crippen LogP contribution in [0.25, 0.3) is 0 Å². The summed E-state index contributed by atoms with van der Waals surface area (Å²) in [6.07, 6.45) is 0.881. The van der Waals surface area contributed by atoms with E-state index in [4.69, 9.17) is 4.74 Å². The summed E-state index contributed by atoms with van der Waals surface area (Å²) in [6.45, 7) is 8.74. The molecule has 0 fully saturated rings. The minimum atomic E-state index is -0.315. The molecule has 3 heteroatoms. The minimum absolute atomic E-state index is 0.140. The number of carbonyl (C=O) groups is 1. The van der Waals surface area contributed by atoms with Crippen LogP contribution in [0.5, 0.6) is 0 Å². The molecule has 0 bridgehead atoms. The molecular weight excluding hydrogens is 310 g/mol. The lowest BCUT2D eigenvalue weighted by Gasteiger charge is -2.29. The van der Waals surface area contributed by atoms with E-state index in [1.54, 1.807) is 0 Å². The first-order valence-corrected chi connectivity index (χ1v) is 9.22. The van der Waals surface area contributed by atoms with Gasteiger partial charge < -0.3 is 4.74 Å². The number of esters is 1. The van der Waals surface area contributed by atoms with Crippen molar-refractivity contribution in [1.82, 2.24) is 4.90 Å². The third kappa shape index (κ3) is 3.62. The van der Waals surface area contributed by atoms with Gasteiger partial charge in [0.2, 0.25) is 0 Å². The second-order valence-electron chi connectivity index (χ2n) is 6.71. The summed E-state index contributed by atoms with van der Waals surface area (Å²) in [5, 5.41) is 0. The topological polar surface area (TPSA) is 29.5 Å². The van der Waals surface area contributed by atoms with Gasteiger partial charge in [-0.1, -0.05) is 62.4 Å². The van der Waals surface area contributed by atoms with Gasteiger partial charge >= 0.3 is 5.97 Å². The second-order valence-corrected chi connectivity index (χ2v) is 6.71. The zero-order valence-electron chi connectivity index (χ0n) is 15.4. The van der Waals surface area contributed by atoms with Crippen LogP contribution in [0, 0.1) is 0 Å². The molecule has 3 rings (SSSR count). The third-order valence-electron chi connectivity index (χ3n) is 5.25. The number of hydrogen-bond acceptors (Lipinski definition) is 3. The number of hydrogen-bond donors (Lipinski definition) is 0. The number of benzene rings is 2. The van der Waals surface area contributed by atoms with Gasteiger partial charge in [0.25, 0.3) is 0 Å². The Labute approximate surface area is 150 Å². The summed E-state index contributed by atoms with van der Waals surface area (Å²) in [5.41, 5.74) is 4.61. The number of rotatable bonds is 6. The molecule has 3 nitrogen and oxygen atoms in total. The molecule has 0 radical (unpaired) electrons. The minimum Gasteiger partial charge on any atom is -0.463 e. The molecule has 0 N–H and O–H groups in total. The summed E-state index contributed by atoms with van der Waals surface area (Å²) in [7, 11) is 0. The van der Waals surface area contributed by atoms with E-state index < -0.39 is 0 Å². The third-order valence-corrected chi connectivity index (χ3v) is 5.25. The summed E-state index contributed by atoms with van der Waals surface area (Å²) >= 11 is 0. The lowest BCUT2D eigenvalue weighted by molar-refractivity contribution is -0.146. The van der Waals surface area contributed by atoms with E-state index in [9.17, 15) is 4.79 Å². The van der Waals surface area contributed by atoms with E-state index in [1.807, 2.05) is 24.3 Å². The Morgan fingerprint density at radius 2 is 1.56 bits per heavy atom. The highest BCUT2D eigenvalue weighted by molar-refractivity contribution is 5.84. The average molecular weight is 337 g/mol. The largest absolute Gasteiger partial charge is 0.463 e. The lowest BCUT2D eigenvalue weighted by atomic mass is 9.78. The average Bonchev–Trinajstić information content (AvgIpc) is 2.65. The molecule has 25 heavy (non-hydrogen) atoms. The Morgan fingerprint density at radius 1 is 1.04 bits per heavy atom. The van der Waals surface area contributed by atoms with E-state index >= 15 is 0 Å². The first kappa shape index (κ1) is 17.7. The molecule has 132 valence electrons. The Morgan fingerprint density at radius 3 is 2.08 bits per heavy atom. The van der Waals surface area contributed by atoms with Gasteiger partial charge in [0.1, 0.15) is 12.5 Å². The standard InChI is InChI=1S/C22H27NO2/c1-4-23(5-2)16(3)15-25-22(24)21-19-12-8-6-10-17(19)14-18-11-7-9-13-20(18)21/h6-13,16,21H,4-5,14-15H2,1-3H3. The van der Waals surface area contributed by atoms with Crippen LogP contribution in [0.2, 0.25) is 0 Å². The fourth-order valence-electron chi connectivity index (χ4n) is 3.82. The number of ether oxygens (including phenoxy) is 1. The Bertz CT molecular complexity index is 691. The Hall–Kier alpha value is -2.13. The highest BCUT2D eigenvalue weighted by Gasteiger charge is 2.32. The molecule has 2 aromatic carbocycles. The van der Waals surface area contributed by atoms with Crippen LogP contribution < -0.4 is 0 Å². The van der Waals surface area contributed by atoms with Crippen LogP contribution in [0.3, 0.4) is 0 Å². The molecule has 1 atom stereocenters. The summed E-state index contributed by atoms with van der Waals surface area (Å²) in [4.78, 5) is 15.3. The lowest BCUT2D eigenvalue weighted by Crippen LogP contribution is -2.37. The van der Waals surface area contributed by atoms with Gasteiger partial charge in [0, 0.05) is 6.04 Å². The normalized spacial score (nSPS) is 14.7. The maximum Gasteiger partial charge on any atom is 0.318 e. The van der Waals surface area contributed by atoms with Crippen LogP contribution in [0.4, 0.5) is 0 Å². The predicted molar refractivity (Wildman–Crippen MR) is 101 cm³/mol. The van der Waals surface area contributed by atoms with Crippen LogP contribution >= 0.6 is 0 Å². The Kier molecular flexibility index (Phi) is 5.54. The monoisotopic (exact) mass is 337 g/mol. The molecule has 0 saturated heterocycles. The van der Waals surface area contributed by atoms with Gasteiger partial charge in [-0.15, -0.1) is 0 Å². The van der Waals surface area contributed by atoms with Gasteiger partial charge in [0.15, 0.2) is 0 Å². The molecule has 0 spiro atoms. The van der Waals surface area contributed by atoms with Crippen molar-refractivity contribution in [2.24, 2.45) is 0 Å². The zero-order chi connectivity index (χ0) is 17.8. The highest BCUT2D eigenvalue weighted by Crippen LogP contribution is 2.37. The summed E-state index contributed by atoms with van der Waals surface area (Å²) in [6, 6.07) is 16.7. The number of fused-ring (bicyclic) bond motifs is 2. The van der Waals surface area contributed by atoms with Gasteiger partial charge in [-0.2, -0.15) is 0 Å². The number of carbonyl (C=O) groups excluding carboxylic acids is 1. The van der Waals surface area contributed by atoms with Crippen LogP contribution in [0.1, 0.15) is 48.9 Å². The van der Waals surface area contributed by atoms with E-state index in [0.29, 0.717) is 6.61 Å². The predicted octanol–water partition coefficient (Wildman–Crippen LogP) is 4.00. The van der Waals surface area contributed by atoms with E-state index in [-0.39, 0.29) is 17.9 Å². The van der Waals surface area contributed by atoms with Crippen LogP contribution in [-0.4, -0.2) is 36.6 Å². The SMILES string of the molecule is CCN(CC)C(C)COC(=O)C1c2ccccc2Cc2ccccc21. The van der Waals surface area contributed by atoms with Crippen molar-refractivity contribution in [2.75, 3.05) is 19.7 Å². The molecule has 0 aromatic heterocycles. The summed E-state index contributed by atoms with van der Waals surface area (Å²) < 4.78 is 5.76. The first-order valence-electron chi connectivity index (χ1n) is 9.22. The quantitative estimate of drug-likeness (QED) is 0.746. The van der Waals surface area contributed by atoms with Gasteiger partial charge in [-0.3, -0.25) is 9.69 Å². The highest BCUT2D eigenvalue weighted by atomic mass is 16.5. The Balaban J connectivity index is 1.83. The number of nitrogens with zero attached hydrogens (tertiary/aromatic N) is 1. The van der Waals surface area contributed by atoms with E-state index in [1.165, 1.54) is 11.1 Å². The van der Waals surface area contributed by atoms with Gasteiger partial charge in [-0.25, -0.2) is 0 Å². The molecule has 1 aliphatic carbocycles. The molecule has 0 amide bonds. The second kappa shape index (κ2) is 7.83.